The van der Waals surface area contributed by atoms with Gasteiger partial charge in [0.25, 0.3) is 0 Å². The van der Waals surface area contributed by atoms with Crippen molar-refractivity contribution in [3.8, 4) is 0 Å². The zero-order chi connectivity index (χ0) is 14.2. The normalized spacial score (nSPS) is 29.6. The molecule has 1 fully saturated rings. The van der Waals surface area contributed by atoms with Crippen LogP contribution in [0.1, 0.15) is 37.8 Å². The highest BCUT2D eigenvalue weighted by atomic mass is 16.8. The largest absolute Gasteiger partial charge is 0.344 e. The molecule has 0 amide bonds. The van der Waals surface area contributed by atoms with Gasteiger partial charge in [-0.15, -0.1) is 0 Å². The van der Waals surface area contributed by atoms with Crippen LogP contribution >= 0.6 is 0 Å². The van der Waals surface area contributed by atoms with Gasteiger partial charge in [0, 0.05) is 17.9 Å². The highest BCUT2D eigenvalue weighted by Gasteiger charge is 2.57. The lowest BCUT2D eigenvalue weighted by molar-refractivity contribution is -0.168. The van der Waals surface area contributed by atoms with E-state index < -0.39 is 5.79 Å². The van der Waals surface area contributed by atoms with E-state index in [-0.39, 0.29) is 11.7 Å². The Kier molecular flexibility index (Phi) is 3.21. The maximum atomic E-state index is 8.39. The maximum Gasteiger partial charge on any atom is 0.164 e. The van der Waals surface area contributed by atoms with Crippen LogP contribution in [0.25, 0.3) is 10.4 Å². The van der Waals surface area contributed by atoms with Gasteiger partial charge in [0.1, 0.15) is 5.60 Å². The molecule has 2 atom stereocenters. The van der Waals surface area contributed by atoms with Gasteiger partial charge in [0.2, 0.25) is 0 Å². The fourth-order valence-corrected chi connectivity index (χ4v) is 3.52. The molecule has 106 valence electrons. The average Bonchev–Trinajstić information content (AvgIpc) is 2.82. The van der Waals surface area contributed by atoms with E-state index in [1.807, 2.05) is 19.9 Å². The van der Waals surface area contributed by atoms with Crippen LogP contribution in [0.3, 0.4) is 0 Å². The molecular weight excluding hydrogens is 254 g/mol. The van der Waals surface area contributed by atoms with Crippen molar-refractivity contribution in [2.45, 2.75) is 50.6 Å². The van der Waals surface area contributed by atoms with E-state index in [9.17, 15) is 0 Å². The molecule has 3 rings (SSSR count). The summed E-state index contributed by atoms with van der Waals surface area (Å²) in [5.74, 6) is -0.559. The van der Waals surface area contributed by atoms with Gasteiger partial charge in [0.15, 0.2) is 5.79 Å². The smallest absolute Gasteiger partial charge is 0.164 e. The molecular formula is C15H19N3O2. The van der Waals surface area contributed by atoms with Gasteiger partial charge in [-0.25, -0.2) is 0 Å². The first-order chi connectivity index (χ1) is 9.57. The minimum atomic E-state index is -0.559. The van der Waals surface area contributed by atoms with Crippen LogP contribution in [-0.4, -0.2) is 18.4 Å². The van der Waals surface area contributed by atoms with Gasteiger partial charge in [-0.2, -0.15) is 0 Å². The van der Waals surface area contributed by atoms with Crippen LogP contribution in [0.2, 0.25) is 0 Å². The molecule has 5 nitrogen and oxygen atoms in total. The molecule has 1 saturated heterocycles. The van der Waals surface area contributed by atoms with Crippen LogP contribution in [0.15, 0.2) is 29.4 Å². The van der Waals surface area contributed by atoms with Crippen molar-refractivity contribution in [2.75, 3.05) is 6.54 Å². The fourth-order valence-electron chi connectivity index (χ4n) is 3.52. The number of ether oxygens (including phenoxy) is 2. The van der Waals surface area contributed by atoms with Gasteiger partial charge in [-0.3, -0.25) is 0 Å². The van der Waals surface area contributed by atoms with Gasteiger partial charge in [-0.1, -0.05) is 29.4 Å². The SMILES string of the molecule is CC1(C)O[C@@H]2Cc3ccccc3[C@]2(CCCN=[N+]=[N-])O1. The van der Waals surface area contributed by atoms with Crippen molar-refractivity contribution in [1.29, 1.82) is 0 Å². The van der Waals surface area contributed by atoms with Crippen molar-refractivity contribution >= 4 is 0 Å². The lowest BCUT2D eigenvalue weighted by atomic mass is 9.89. The lowest BCUT2D eigenvalue weighted by Crippen LogP contribution is -2.34. The van der Waals surface area contributed by atoms with E-state index in [2.05, 4.69) is 28.2 Å². The van der Waals surface area contributed by atoms with Crippen molar-refractivity contribution in [3.63, 3.8) is 0 Å². The Hall–Kier alpha value is -1.55. The van der Waals surface area contributed by atoms with Crippen LogP contribution in [0.4, 0.5) is 0 Å². The number of hydrogen-bond donors (Lipinski definition) is 0. The van der Waals surface area contributed by atoms with Crippen LogP contribution in [-0.2, 0) is 21.5 Å². The van der Waals surface area contributed by atoms with Crippen molar-refractivity contribution in [2.24, 2.45) is 5.11 Å². The predicted molar refractivity (Wildman–Crippen MR) is 75.1 cm³/mol. The molecule has 0 saturated carbocycles. The first-order valence-electron chi connectivity index (χ1n) is 7.05. The molecule has 0 radical (unpaired) electrons. The van der Waals surface area contributed by atoms with E-state index in [4.69, 9.17) is 15.0 Å². The molecule has 5 heteroatoms. The van der Waals surface area contributed by atoms with Gasteiger partial charge < -0.3 is 9.47 Å². The molecule has 0 aromatic heterocycles. The van der Waals surface area contributed by atoms with E-state index in [0.717, 1.165) is 19.3 Å². The molecule has 0 spiro atoms. The minimum Gasteiger partial charge on any atom is -0.344 e. The monoisotopic (exact) mass is 273 g/mol. The second-order valence-electron chi connectivity index (χ2n) is 5.92. The van der Waals surface area contributed by atoms with E-state index in [1.165, 1.54) is 11.1 Å². The van der Waals surface area contributed by atoms with E-state index >= 15 is 0 Å². The number of azide groups is 1. The van der Waals surface area contributed by atoms with Gasteiger partial charge >= 0.3 is 0 Å². The Bertz CT molecular complexity index is 566. The summed E-state index contributed by atoms with van der Waals surface area (Å²) in [6, 6.07) is 8.37. The number of fused-ring (bicyclic) bond motifs is 3. The van der Waals surface area contributed by atoms with Crippen LogP contribution < -0.4 is 0 Å². The third-order valence-corrected chi connectivity index (χ3v) is 4.12. The highest BCUT2D eigenvalue weighted by Crippen LogP contribution is 2.52. The predicted octanol–water partition coefficient (Wildman–Crippen LogP) is 3.68. The molecule has 1 aliphatic carbocycles. The standard InChI is InChI=1S/C15H19N3O2/c1-14(2)19-13-10-11-6-3-4-7-12(11)15(13,20-14)8-5-9-17-18-16/h3-4,6-7,13H,5,8-10H2,1-2H3/t13-,15+/m1/s1. The van der Waals surface area contributed by atoms with Crippen molar-refractivity contribution in [3.05, 3.63) is 45.8 Å². The topological polar surface area (TPSA) is 67.2 Å². The second-order valence-corrected chi connectivity index (χ2v) is 5.92. The summed E-state index contributed by atoms with van der Waals surface area (Å²) in [6.45, 7) is 4.42. The Morgan fingerprint density at radius 3 is 3.00 bits per heavy atom. The molecule has 0 N–H and O–H groups in total. The summed E-state index contributed by atoms with van der Waals surface area (Å²) in [7, 11) is 0. The molecule has 0 bridgehead atoms. The average molecular weight is 273 g/mol. The minimum absolute atomic E-state index is 0.0564. The molecule has 1 aromatic carbocycles. The molecule has 20 heavy (non-hydrogen) atoms. The lowest BCUT2D eigenvalue weighted by Gasteiger charge is -2.29. The molecule has 1 aromatic rings. The Balaban J connectivity index is 1.91. The second kappa shape index (κ2) is 4.77. The zero-order valence-electron chi connectivity index (χ0n) is 11.9. The summed E-state index contributed by atoms with van der Waals surface area (Å²) >= 11 is 0. The molecule has 2 aliphatic rings. The van der Waals surface area contributed by atoms with Crippen molar-refractivity contribution in [1.82, 2.24) is 0 Å². The summed E-state index contributed by atoms with van der Waals surface area (Å²) in [6.07, 6.45) is 2.56. The summed E-state index contributed by atoms with van der Waals surface area (Å²) < 4.78 is 12.4. The van der Waals surface area contributed by atoms with Crippen LogP contribution in [0.5, 0.6) is 0 Å². The maximum absolute atomic E-state index is 8.39. The zero-order valence-corrected chi connectivity index (χ0v) is 11.9. The molecule has 1 heterocycles. The summed E-state index contributed by atoms with van der Waals surface area (Å²) in [5, 5.41) is 3.62. The number of nitrogens with zero attached hydrogens (tertiary/aromatic N) is 3. The van der Waals surface area contributed by atoms with E-state index in [0.29, 0.717) is 6.54 Å². The first-order valence-corrected chi connectivity index (χ1v) is 7.05. The van der Waals surface area contributed by atoms with Crippen LogP contribution in [0, 0.1) is 0 Å². The Labute approximate surface area is 118 Å². The highest BCUT2D eigenvalue weighted by molar-refractivity contribution is 5.40. The third-order valence-electron chi connectivity index (χ3n) is 4.12. The van der Waals surface area contributed by atoms with Crippen molar-refractivity contribution < 1.29 is 9.47 Å². The van der Waals surface area contributed by atoms with E-state index in [1.54, 1.807) is 0 Å². The number of rotatable bonds is 4. The van der Waals surface area contributed by atoms with Gasteiger partial charge in [-0.05, 0) is 43.3 Å². The molecule has 1 aliphatic heterocycles. The van der Waals surface area contributed by atoms with Gasteiger partial charge in [0.05, 0.1) is 6.10 Å². The Morgan fingerprint density at radius 2 is 2.20 bits per heavy atom. The third kappa shape index (κ3) is 2.08. The summed E-state index contributed by atoms with van der Waals surface area (Å²) in [4.78, 5) is 2.81. The fraction of sp³-hybridized carbons (Fsp3) is 0.600. The first kappa shape index (κ1) is 13.4. The Morgan fingerprint density at radius 1 is 1.40 bits per heavy atom. The summed E-state index contributed by atoms with van der Waals surface area (Å²) in [5.41, 5.74) is 10.5. The quantitative estimate of drug-likeness (QED) is 0.363. The number of benzene rings is 1. The molecule has 0 unspecified atom stereocenters. The number of hydrogen-bond acceptors (Lipinski definition) is 3.